The van der Waals surface area contributed by atoms with Gasteiger partial charge in [-0.05, 0) is 90.0 Å². The van der Waals surface area contributed by atoms with Crippen molar-refractivity contribution in [2.24, 2.45) is 0 Å². The third-order valence-electron chi connectivity index (χ3n) is 13.0. The number of aromatic nitrogens is 1. The summed E-state index contributed by atoms with van der Waals surface area (Å²) >= 11 is 0. The molecule has 0 spiro atoms. The van der Waals surface area contributed by atoms with Crippen LogP contribution in [0.25, 0.3) is 27.5 Å². The first kappa shape index (κ1) is 30.3. The van der Waals surface area contributed by atoms with Gasteiger partial charge in [-0.3, -0.25) is 0 Å². The molecule has 0 aliphatic carbocycles. The lowest BCUT2D eigenvalue weighted by Crippen LogP contribution is -2.77. The van der Waals surface area contributed by atoms with Crippen LogP contribution in [0.5, 0.6) is 0 Å². The summed E-state index contributed by atoms with van der Waals surface area (Å²) in [6.07, 6.45) is 0. The summed E-state index contributed by atoms with van der Waals surface area (Å²) in [6, 6.07) is 74.3. The molecule has 1 aliphatic rings. The number of benzene rings is 10. The van der Waals surface area contributed by atoms with Gasteiger partial charge in [0.1, 0.15) is 0 Å². The van der Waals surface area contributed by atoms with Crippen LogP contribution in [0.1, 0.15) is 11.0 Å². The molecule has 0 saturated carbocycles. The van der Waals surface area contributed by atoms with E-state index in [4.69, 9.17) is 5.48 Å². The number of nitrogens with zero attached hydrogens (tertiary/aromatic N) is 2. The number of rotatable bonds is 8. The van der Waals surface area contributed by atoms with Crippen LogP contribution in [-0.4, -0.2) is 20.7 Å². The maximum Gasteiger partial charge on any atom is 0.184 e. The second-order valence-electron chi connectivity index (χ2n) is 16.2. The van der Waals surface area contributed by atoms with Gasteiger partial charge in [-0.25, -0.2) is 0 Å². The summed E-state index contributed by atoms with van der Waals surface area (Å²) in [4.78, 5) is 2.36. The van der Waals surface area contributed by atoms with Gasteiger partial charge in [0, 0.05) is 33.5 Å². The average Bonchev–Trinajstić information content (AvgIpc) is 3.80. The molecule has 0 saturated heterocycles. The van der Waals surface area contributed by atoms with Crippen molar-refractivity contribution in [2.45, 2.75) is 0 Å². The zero-order valence-corrected chi connectivity index (χ0v) is 36.7. The SMILES string of the molecule is [2H]c1c([2H])c([2H])c2c(c1[2H])c1c([2H])c([2H])c([2H])c([2H])c1n2-c1ccc2c(c1)[Si](c1ccccc1)(c1ccccc1)c1ccccc1N2c1cccc([Si](c2ccccc2)(c2ccccc2)c2ccccc2)c1. The van der Waals surface area contributed by atoms with Crippen LogP contribution in [0.3, 0.4) is 0 Å². The van der Waals surface area contributed by atoms with Crippen LogP contribution in [0.4, 0.5) is 17.1 Å². The molecule has 0 bridgehead atoms. The fourth-order valence-electron chi connectivity index (χ4n) is 10.5. The van der Waals surface area contributed by atoms with Gasteiger partial charge in [0.05, 0.1) is 22.0 Å². The van der Waals surface area contributed by atoms with Crippen LogP contribution >= 0.6 is 0 Å². The van der Waals surface area contributed by atoms with Crippen molar-refractivity contribution in [1.29, 1.82) is 0 Å². The Morgan fingerprint density at radius 2 is 0.812 bits per heavy atom. The van der Waals surface area contributed by atoms with Gasteiger partial charge in [-0.2, -0.15) is 0 Å². The summed E-state index contributed by atoms with van der Waals surface area (Å²) in [6.45, 7) is 0. The Bertz CT molecular complexity index is 3700. The van der Waals surface area contributed by atoms with Gasteiger partial charge in [-0.1, -0.05) is 218 Å². The van der Waals surface area contributed by atoms with Gasteiger partial charge < -0.3 is 9.47 Å². The van der Waals surface area contributed by atoms with E-state index in [1.807, 2.05) is 18.2 Å². The van der Waals surface area contributed by atoms with E-state index in [1.54, 1.807) is 4.57 Å². The number of anilines is 3. The summed E-state index contributed by atoms with van der Waals surface area (Å²) in [5, 5.41) is 9.45. The second kappa shape index (κ2) is 15.5. The minimum atomic E-state index is -3.37. The molecule has 302 valence electrons. The molecule has 1 aliphatic heterocycles. The van der Waals surface area contributed by atoms with Crippen LogP contribution in [0.2, 0.25) is 0 Å². The monoisotopic (exact) mass is 856 g/mol. The predicted molar refractivity (Wildman–Crippen MR) is 276 cm³/mol. The van der Waals surface area contributed by atoms with E-state index in [-0.39, 0.29) is 46.0 Å². The van der Waals surface area contributed by atoms with Gasteiger partial charge in [-0.15, -0.1) is 0 Å². The summed E-state index contributed by atoms with van der Waals surface area (Å²) < 4.78 is 74.0. The van der Waals surface area contributed by atoms with Crippen molar-refractivity contribution in [3.05, 3.63) is 267 Å². The lowest BCUT2D eigenvalue weighted by molar-refractivity contribution is 1.18. The molecule has 0 N–H and O–H groups in total. The molecule has 4 heteroatoms. The third-order valence-corrected chi connectivity index (χ3v) is 22.6. The fraction of sp³-hybridized carbons (Fsp3) is 0. The zero-order valence-electron chi connectivity index (χ0n) is 42.7. The number of fused-ring (bicyclic) bond motifs is 5. The average molecular weight is 857 g/mol. The van der Waals surface area contributed by atoms with Gasteiger partial charge in [0.15, 0.2) is 16.1 Å². The molecule has 0 amide bonds. The highest BCUT2D eigenvalue weighted by Crippen LogP contribution is 2.40. The van der Waals surface area contributed by atoms with E-state index in [9.17, 15) is 5.48 Å². The normalized spacial score (nSPS) is 14.8. The topological polar surface area (TPSA) is 8.17 Å². The Balaban J connectivity index is 1.22. The summed E-state index contributed by atoms with van der Waals surface area (Å²) in [5.74, 6) is 0. The third kappa shape index (κ3) is 5.70. The van der Waals surface area contributed by atoms with Crippen molar-refractivity contribution < 1.29 is 11.0 Å². The molecule has 0 unspecified atom stereocenters. The molecule has 12 rings (SSSR count). The van der Waals surface area contributed by atoms with Gasteiger partial charge in [0.2, 0.25) is 0 Å². The van der Waals surface area contributed by atoms with Crippen LogP contribution in [-0.2, 0) is 0 Å². The molecule has 2 nitrogen and oxygen atoms in total. The lowest BCUT2D eigenvalue weighted by Gasteiger charge is -2.45. The fourth-order valence-corrected chi connectivity index (χ4v) is 20.4. The van der Waals surface area contributed by atoms with E-state index in [0.29, 0.717) is 5.69 Å². The first-order valence-corrected chi connectivity index (χ1v) is 25.5. The molecule has 0 radical (unpaired) electrons. The zero-order chi connectivity index (χ0) is 49.5. The van der Waals surface area contributed by atoms with E-state index in [2.05, 4.69) is 205 Å². The van der Waals surface area contributed by atoms with Gasteiger partial charge >= 0.3 is 0 Å². The lowest BCUT2D eigenvalue weighted by atomic mass is 10.1. The van der Waals surface area contributed by atoms with Gasteiger partial charge in [0.25, 0.3) is 0 Å². The Morgan fingerprint density at radius 3 is 1.36 bits per heavy atom. The van der Waals surface area contributed by atoms with Crippen molar-refractivity contribution in [3.8, 4) is 5.69 Å². The maximum absolute atomic E-state index is 9.41. The highest BCUT2D eigenvalue weighted by molar-refractivity contribution is 7.21. The highest BCUT2D eigenvalue weighted by atomic mass is 28.3. The minimum absolute atomic E-state index is 0.0435. The Morgan fingerprint density at radius 1 is 0.359 bits per heavy atom. The molecule has 0 atom stereocenters. The van der Waals surface area contributed by atoms with E-state index >= 15 is 0 Å². The summed E-state index contributed by atoms with van der Waals surface area (Å²) in [5.41, 5.74) is 3.58. The number of hydrogen-bond donors (Lipinski definition) is 0. The Hall–Kier alpha value is -7.77. The second-order valence-corrected chi connectivity index (χ2v) is 23.8. The Kier molecular flexibility index (Phi) is 7.36. The number of para-hydroxylation sites is 3. The number of hydrogen-bond acceptors (Lipinski definition) is 1. The molecular weight excluding hydrogens is 805 g/mol. The molecule has 2 heterocycles. The van der Waals surface area contributed by atoms with Crippen molar-refractivity contribution in [3.63, 3.8) is 0 Å². The first-order valence-electron chi connectivity index (χ1n) is 25.5. The smallest absolute Gasteiger partial charge is 0.184 e. The Labute approximate surface area is 387 Å². The van der Waals surface area contributed by atoms with E-state index in [1.165, 1.54) is 20.7 Å². The van der Waals surface area contributed by atoms with Crippen molar-refractivity contribution in [2.75, 3.05) is 4.90 Å². The largest absolute Gasteiger partial charge is 0.311 e. The molecule has 1 aromatic heterocycles. The molecule has 10 aromatic carbocycles. The molecule has 11 aromatic rings. The van der Waals surface area contributed by atoms with Crippen LogP contribution in [0, 0.1) is 0 Å². The molecule has 0 fully saturated rings. The summed E-state index contributed by atoms with van der Waals surface area (Å²) in [7, 11) is -6.37. The van der Waals surface area contributed by atoms with E-state index < -0.39 is 40.3 Å². The van der Waals surface area contributed by atoms with Crippen molar-refractivity contribution in [1.82, 2.24) is 4.57 Å². The molecular formula is C60H44N2Si2. The van der Waals surface area contributed by atoms with Crippen molar-refractivity contribution >= 4 is 96.5 Å². The van der Waals surface area contributed by atoms with Crippen LogP contribution in [0.15, 0.2) is 267 Å². The quantitative estimate of drug-likeness (QED) is 0.109. The predicted octanol–water partition coefficient (Wildman–Crippen LogP) is 9.32. The van der Waals surface area contributed by atoms with E-state index in [0.717, 1.165) is 37.8 Å². The standard InChI is InChI=1S/C60H44N2Si2/c1-6-24-47(25-7-1)63(48-26-8-2-9-27-48,49-28-10-3-11-29-49)52-34-22-23-45(43-52)62-57-39-20-21-40-59(57)64(50-30-12-4-13-31-50,51-32-14-5-15-33-51)60-44-46(41-42-58(60)62)61-55-37-18-16-35-53(55)54-36-17-19-38-56(54)61/h1-44H/i16D,17D,18D,19D,35D,36D,37D,38D. The minimum Gasteiger partial charge on any atom is -0.311 e. The maximum atomic E-state index is 9.41. The molecule has 64 heavy (non-hydrogen) atoms. The first-order chi connectivity index (χ1) is 35.1. The highest BCUT2D eigenvalue weighted by Gasteiger charge is 2.49. The van der Waals surface area contributed by atoms with Crippen LogP contribution < -0.4 is 46.4 Å².